The first-order valence-corrected chi connectivity index (χ1v) is 8.20. The SMILES string of the molecule is NCCCCCCCCCNC(N)CCCCCN. The molecule has 1 unspecified atom stereocenters. The first kappa shape index (κ1) is 18.8. The van der Waals surface area contributed by atoms with Crippen LogP contribution in [0.4, 0.5) is 0 Å². The van der Waals surface area contributed by atoms with Crippen LogP contribution in [0.15, 0.2) is 0 Å². The lowest BCUT2D eigenvalue weighted by molar-refractivity contribution is 0.455. The summed E-state index contributed by atoms with van der Waals surface area (Å²) in [6.07, 6.45) is 13.8. The molecule has 0 aromatic heterocycles. The molecule has 0 fully saturated rings. The van der Waals surface area contributed by atoms with E-state index < -0.39 is 0 Å². The molecule has 19 heavy (non-hydrogen) atoms. The maximum absolute atomic E-state index is 6.00. The van der Waals surface area contributed by atoms with Gasteiger partial charge in [0, 0.05) is 0 Å². The third kappa shape index (κ3) is 15.8. The Bertz CT molecular complexity index is 164. The summed E-state index contributed by atoms with van der Waals surface area (Å²) in [6.45, 7) is 2.70. The minimum absolute atomic E-state index is 0.169. The highest BCUT2D eigenvalue weighted by molar-refractivity contribution is 4.59. The predicted octanol–water partition coefficient (Wildman–Crippen LogP) is 2.07. The summed E-state index contributed by atoms with van der Waals surface area (Å²) in [4.78, 5) is 0. The lowest BCUT2D eigenvalue weighted by atomic mass is 10.1. The Kier molecular flexibility index (Phi) is 15.8. The summed E-state index contributed by atoms with van der Waals surface area (Å²) in [5.74, 6) is 0. The second-order valence-corrected chi connectivity index (χ2v) is 5.46. The monoisotopic (exact) mass is 272 g/mol. The van der Waals surface area contributed by atoms with Crippen molar-refractivity contribution in [1.82, 2.24) is 5.32 Å². The van der Waals surface area contributed by atoms with Crippen LogP contribution in [0.2, 0.25) is 0 Å². The maximum Gasteiger partial charge on any atom is 0.0546 e. The van der Waals surface area contributed by atoms with Crippen LogP contribution < -0.4 is 22.5 Å². The molecule has 0 aliphatic rings. The third-order valence-electron chi connectivity index (χ3n) is 3.51. The van der Waals surface area contributed by atoms with E-state index >= 15 is 0 Å². The molecule has 0 rings (SSSR count). The predicted molar refractivity (Wildman–Crippen MR) is 84.9 cm³/mol. The van der Waals surface area contributed by atoms with Crippen molar-refractivity contribution in [2.75, 3.05) is 19.6 Å². The Morgan fingerprint density at radius 3 is 1.68 bits per heavy atom. The van der Waals surface area contributed by atoms with Crippen molar-refractivity contribution in [3.8, 4) is 0 Å². The van der Waals surface area contributed by atoms with Crippen molar-refractivity contribution < 1.29 is 0 Å². The third-order valence-corrected chi connectivity index (χ3v) is 3.51. The molecule has 1 atom stereocenters. The van der Waals surface area contributed by atoms with Gasteiger partial charge in [0.05, 0.1) is 6.17 Å². The molecule has 0 bridgehead atoms. The van der Waals surface area contributed by atoms with Gasteiger partial charge in [-0.25, -0.2) is 0 Å². The summed E-state index contributed by atoms with van der Waals surface area (Å²) in [5.41, 5.74) is 16.9. The quantitative estimate of drug-likeness (QED) is 0.271. The van der Waals surface area contributed by atoms with Gasteiger partial charge in [-0.2, -0.15) is 0 Å². The van der Waals surface area contributed by atoms with E-state index in [9.17, 15) is 0 Å². The summed E-state index contributed by atoms with van der Waals surface area (Å²) in [5, 5.41) is 3.40. The van der Waals surface area contributed by atoms with Gasteiger partial charge in [0.2, 0.25) is 0 Å². The highest BCUT2D eigenvalue weighted by atomic mass is 15.0. The zero-order chi connectivity index (χ0) is 14.2. The van der Waals surface area contributed by atoms with E-state index in [1.54, 1.807) is 0 Å². The Balaban J connectivity index is 3.07. The van der Waals surface area contributed by atoms with E-state index in [1.165, 1.54) is 57.8 Å². The molecular formula is C15H36N4. The smallest absolute Gasteiger partial charge is 0.0546 e. The van der Waals surface area contributed by atoms with Gasteiger partial charge in [-0.05, 0) is 45.3 Å². The van der Waals surface area contributed by atoms with Crippen molar-refractivity contribution >= 4 is 0 Å². The largest absolute Gasteiger partial charge is 0.330 e. The molecule has 0 saturated carbocycles. The molecular weight excluding hydrogens is 236 g/mol. The lowest BCUT2D eigenvalue weighted by Crippen LogP contribution is -2.37. The molecule has 0 radical (unpaired) electrons. The summed E-state index contributed by atoms with van der Waals surface area (Å²) >= 11 is 0. The van der Waals surface area contributed by atoms with E-state index in [2.05, 4.69) is 5.32 Å². The van der Waals surface area contributed by atoms with Gasteiger partial charge < -0.3 is 22.5 Å². The van der Waals surface area contributed by atoms with Crippen molar-refractivity contribution in [3.63, 3.8) is 0 Å². The van der Waals surface area contributed by atoms with Crippen molar-refractivity contribution in [1.29, 1.82) is 0 Å². The van der Waals surface area contributed by atoms with Crippen molar-refractivity contribution in [3.05, 3.63) is 0 Å². The van der Waals surface area contributed by atoms with Gasteiger partial charge in [-0.15, -0.1) is 0 Å². The second kappa shape index (κ2) is 15.9. The minimum Gasteiger partial charge on any atom is -0.330 e. The number of rotatable bonds is 15. The summed E-state index contributed by atoms with van der Waals surface area (Å²) in [7, 11) is 0. The molecule has 0 aliphatic carbocycles. The van der Waals surface area contributed by atoms with Crippen LogP contribution in [-0.4, -0.2) is 25.8 Å². The Morgan fingerprint density at radius 2 is 1.11 bits per heavy atom. The van der Waals surface area contributed by atoms with E-state index in [0.717, 1.165) is 32.5 Å². The summed E-state index contributed by atoms with van der Waals surface area (Å²) in [6, 6.07) is 0. The number of hydrogen-bond donors (Lipinski definition) is 4. The molecule has 0 aromatic rings. The van der Waals surface area contributed by atoms with E-state index in [-0.39, 0.29) is 6.17 Å². The molecule has 0 heterocycles. The van der Waals surface area contributed by atoms with E-state index in [0.29, 0.717) is 0 Å². The second-order valence-electron chi connectivity index (χ2n) is 5.46. The first-order valence-electron chi connectivity index (χ1n) is 8.20. The fourth-order valence-electron chi connectivity index (χ4n) is 2.23. The van der Waals surface area contributed by atoms with E-state index in [1.807, 2.05) is 0 Å². The van der Waals surface area contributed by atoms with Gasteiger partial charge in [-0.1, -0.05) is 44.9 Å². The van der Waals surface area contributed by atoms with Crippen LogP contribution in [0.3, 0.4) is 0 Å². The van der Waals surface area contributed by atoms with Crippen LogP contribution in [0.1, 0.15) is 70.6 Å². The van der Waals surface area contributed by atoms with Gasteiger partial charge >= 0.3 is 0 Å². The average Bonchev–Trinajstić information content (AvgIpc) is 2.42. The number of nitrogens with two attached hydrogens (primary N) is 3. The molecule has 0 saturated heterocycles. The standard InChI is InChI=1S/C15H36N4/c16-12-8-4-2-1-3-5-10-14-19-15(18)11-7-6-9-13-17/h15,19H,1-14,16-18H2. The molecule has 0 amide bonds. The van der Waals surface area contributed by atoms with Gasteiger partial charge in [0.25, 0.3) is 0 Å². The average molecular weight is 272 g/mol. The van der Waals surface area contributed by atoms with Crippen LogP contribution >= 0.6 is 0 Å². The molecule has 7 N–H and O–H groups in total. The number of nitrogens with one attached hydrogen (secondary N) is 1. The lowest BCUT2D eigenvalue weighted by Gasteiger charge is -2.13. The molecule has 0 spiro atoms. The Labute approximate surface area is 119 Å². The maximum atomic E-state index is 6.00. The highest BCUT2D eigenvalue weighted by Gasteiger charge is 2.00. The fraction of sp³-hybridized carbons (Fsp3) is 1.00. The topological polar surface area (TPSA) is 90.1 Å². The summed E-state index contributed by atoms with van der Waals surface area (Å²) < 4.78 is 0. The molecule has 0 aromatic carbocycles. The zero-order valence-electron chi connectivity index (χ0n) is 12.7. The number of unbranched alkanes of at least 4 members (excludes halogenated alkanes) is 8. The highest BCUT2D eigenvalue weighted by Crippen LogP contribution is 2.06. The van der Waals surface area contributed by atoms with Gasteiger partial charge in [0.1, 0.15) is 0 Å². The molecule has 4 nitrogen and oxygen atoms in total. The molecule has 0 aliphatic heterocycles. The molecule has 116 valence electrons. The van der Waals surface area contributed by atoms with Gasteiger partial charge in [0.15, 0.2) is 0 Å². The van der Waals surface area contributed by atoms with Crippen LogP contribution in [-0.2, 0) is 0 Å². The van der Waals surface area contributed by atoms with Crippen LogP contribution in [0.25, 0.3) is 0 Å². The first-order chi connectivity index (χ1) is 9.31. The normalized spacial score (nSPS) is 12.8. The van der Waals surface area contributed by atoms with Crippen LogP contribution in [0, 0.1) is 0 Å². The zero-order valence-corrected chi connectivity index (χ0v) is 12.7. The minimum atomic E-state index is 0.169. The van der Waals surface area contributed by atoms with Crippen LogP contribution in [0.5, 0.6) is 0 Å². The Morgan fingerprint density at radius 1 is 0.632 bits per heavy atom. The van der Waals surface area contributed by atoms with E-state index in [4.69, 9.17) is 17.2 Å². The van der Waals surface area contributed by atoms with Crippen molar-refractivity contribution in [2.45, 2.75) is 76.8 Å². The molecule has 4 heteroatoms. The number of hydrogen-bond acceptors (Lipinski definition) is 4. The van der Waals surface area contributed by atoms with Gasteiger partial charge in [-0.3, -0.25) is 0 Å². The fourth-order valence-corrected chi connectivity index (χ4v) is 2.23. The Hall–Kier alpha value is -0.160. The van der Waals surface area contributed by atoms with Crippen molar-refractivity contribution in [2.24, 2.45) is 17.2 Å².